The Morgan fingerprint density at radius 2 is 1.63 bits per heavy atom. The molecule has 0 atom stereocenters. The van der Waals surface area contributed by atoms with Crippen LogP contribution in [0.15, 0.2) is 60.8 Å². The number of anilines is 1. The molecule has 1 amide bonds. The lowest BCUT2D eigenvalue weighted by Crippen LogP contribution is -2.14. The Morgan fingerprint density at radius 3 is 2.33 bits per heavy atom. The fourth-order valence-corrected chi connectivity index (χ4v) is 2.38. The fourth-order valence-electron chi connectivity index (χ4n) is 2.38. The van der Waals surface area contributed by atoms with E-state index in [1.165, 1.54) is 19.4 Å². The lowest BCUT2D eigenvalue weighted by molar-refractivity contribution is 0.101. The van der Waals surface area contributed by atoms with Crippen molar-refractivity contribution in [2.24, 2.45) is 0 Å². The van der Waals surface area contributed by atoms with Crippen LogP contribution in [0, 0.1) is 0 Å². The maximum absolute atomic E-state index is 12.5. The summed E-state index contributed by atoms with van der Waals surface area (Å²) < 4.78 is 16.0. The average Bonchev–Trinajstić information content (AvgIpc) is 2.70. The van der Waals surface area contributed by atoms with E-state index >= 15 is 0 Å². The predicted octanol–water partition coefficient (Wildman–Crippen LogP) is 3.85. The highest BCUT2D eigenvalue weighted by atomic mass is 16.5. The van der Waals surface area contributed by atoms with Gasteiger partial charge >= 0.3 is 0 Å². The fraction of sp³-hybridized carbons (Fsp3) is 0.100. The minimum Gasteiger partial charge on any atom is -0.503 e. The van der Waals surface area contributed by atoms with Crippen molar-refractivity contribution in [3.05, 3.63) is 66.5 Å². The van der Waals surface area contributed by atoms with Crippen molar-refractivity contribution in [2.45, 2.75) is 0 Å². The van der Waals surface area contributed by atoms with Crippen LogP contribution in [-0.4, -0.2) is 30.2 Å². The lowest BCUT2D eigenvalue weighted by atomic mass is 10.2. The van der Waals surface area contributed by atoms with Crippen LogP contribution < -0.4 is 19.5 Å². The Bertz CT molecular complexity index is 941. The topological polar surface area (TPSA) is 89.9 Å². The Hall–Kier alpha value is -3.74. The van der Waals surface area contributed by atoms with Crippen LogP contribution in [-0.2, 0) is 0 Å². The molecule has 1 heterocycles. The van der Waals surface area contributed by atoms with Crippen LogP contribution in [0.2, 0.25) is 0 Å². The zero-order valence-corrected chi connectivity index (χ0v) is 14.8. The summed E-state index contributed by atoms with van der Waals surface area (Å²) in [4.78, 5) is 16.4. The second kappa shape index (κ2) is 8.09. The molecule has 0 fully saturated rings. The summed E-state index contributed by atoms with van der Waals surface area (Å²) in [7, 11) is 2.98. The smallest absolute Gasteiger partial charge is 0.278 e. The predicted molar refractivity (Wildman–Crippen MR) is 99.9 cm³/mol. The number of hydrogen-bond donors (Lipinski definition) is 2. The largest absolute Gasteiger partial charge is 0.503 e. The van der Waals surface area contributed by atoms with Crippen LogP contribution in [0.4, 0.5) is 5.69 Å². The van der Waals surface area contributed by atoms with Crippen LogP contribution >= 0.6 is 0 Å². The number of methoxy groups -OCH3 is 2. The molecule has 0 spiro atoms. The van der Waals surface area contributed by atoms with Gasteiger partial charge in [-0.25, -0.2) is 4.98 Å². The molecule has 7 nitrogen and oxygen atoms in total. The van der Waals surface area contributed by atoms with Crippen LogP contribution in [0.5, 0.6) is 28.7 Å². The minimum atomic E-state index is -0.586. The van der Waals surface area contributed by atoms with Gasteiger partial charge in [-0.2, -0.15) is 0 Å². The van der Waals surface area contributed by atoms with E-state index < -0.39 is 5.91 Å². The van der Waals surface area contributed by atoms with E-state index in [9.17, 15) is 9.90 Å². The van der Waals surface area contributed by atoms with Crippen molar-refractivity contribution in [2.75, 3.05) is 19.5 Å². The first-order valence-corrected chi connectivity index (χ1v) is 8.06. The third-order valence-corrected chi connectivity index (χ3v) is 3.74. The summed E-state index contributed by atoms with van der Waals surface area (Å²) >= 11 is 0. The van der Waals surface area contributed by atoms with E-state index in [1.54, 1.807) is 55.6 Å². The number of para-hydroxylation sites is 2. The summed E-state index contributed by atoms with van der Waals surface area (Å²) in [5.74, 6) is 0.989. The summed E-state index contributed by atoms with van der Waals surface area (Å²) in [5, 5.41) is 12.8. The van der Waals surface area contributed by atoms with Gasteiger partial charge in [-0.3, -0.25) is 4.79 Å². The van der Waals surface area contributed by atoms with Crippen LogP contribution in [0.1, 0.15) is 10.5 Å². The Labute approximate surface area is 156 Å². The van der Waals surface area contributed by atoms with E-state index in [2.05, 4.69) is 10.3 Å². The third kappa shape index (κ3) is 4.09. The van der Waals surface area contributed by atoms with Gasteiger partial charge in [0.15, 0.2) is 22.9 Å². The van der Waals surface area contributed by atoms with Crippen LogP contribution in [0.3, 0.4) is 0 Å². The third-order valence-electron chi connectivity index (χ3n) is 3.74. The highest BCUT2D eigenvalue weighted by molar-refractivity contribution is 6.05. The molecule has 1 aromatic heterocycles. The van der Waals surface area contributed by atoms with E-state index in [-0.39, 0.29) is 17.2 Å². The molecule has 0 aliphatic heterocycles. The first-order chi connectivity index (χ1) is 13.1. The summed E-state index contributed by atoms with van der Waals surface area (Å²) in [6, 6.07) is 15.5. The maximum atomic E-state index is 12.5. The number of hydrogen-bond acceptors (Lipinski definition) is 6. The number of ether oxygens (including phenoxy) is 3. The Morgan fingerprint density at radius 1 is 0.926 bits per heavy atom. The van der Waals surface area contributed by atoms with Gasteiger partial charge in [-0.1, -0.05) is 12.1 Å². The zero-order valence-electron chi connectivity index (χ0n) is 14.8. The zero-order chi connectivity index (χ0) is 19.2. The van der Waals surface area contributed by atoms with Crippen molar-refractivity contribution in [3.63, 3.8) is 0 Å². The van der Waals surface area contributed by atoms with Gasteiger partial charge in [-0.05, 0) is 36.4 Å². The SMILES string of the molecule is COc1ccc(Oc2ccccc2NC(=O)c2nccc(OC)c2O)cc1. The number of nitrogens with zero attached hydrogens (tertiary/aromatic N) is 1. The number of rotatable bonds is 6. The standard InChI is InChI=1S/C20H18N2O5/c1-25-13-7-9-14(10-8-13)27-16-6-4-3-5-15(16)22-20(24)18-19(23)17(26-2)11-12-21-18/h3-12,23H,1-2H3,(H,22,24). The molecule has 7 heteroatoms. The number of pyridine rings is 1. The van der Waals surface area contributed by atoms with Crippen molar-refractivity contribution in [1.29, 1.82) is 0 Å². The van der Waals surface area contributed by atoms with E-state index in [0.29, 0.717) is 22.9 Å². The first kappa shape index (κ1) is 18.1. The molecule has 138 valence electrons. The molecule has 27 heavy (non-hydrogen) atoms. The molecule has 3 rings (SSSR count). The van der Waals surface area contributed by atoms with Gasteiger partial charge < -0.3 is 24.6 Å². The number of carbonyl (C=O) groups excluding carboxylic acids is 1. The van der Waals surface area contributed by atoms with E-state index in [0.717, 1.165) is 0 Å². The van der Waals surface area contributed by atoms with Crippen molar-refractivity contribution in [3.8, 4) is 28.7 Å². The number of aromatic hydroxyl groups is 1. The minimum absolute atomic E-state index is 0.145. The highest BCUT2D eigenvalue weighted by Gasteiger charge is 2.18. The number of nitrogens with one attached hydrogen (secondary N) is 1. The monoisotopic (exact) mass is 366 g/mol. The van der Waals surface area contributed by atoms with Crippen molar-refractivity contribution in [1.82, 2.24) is 4.98 Å². The van der Waals surface area contributed by atoms with Crippen molar-refractivity contribution < 1.29 is 24.1 Å². The van der Waals surface area contributed by atoms with Gasteiger partial charge in [0.1, 0.15) is 11.5 Å². The average molecular weight is 366 g/mol. The van der Waals surface area contributed by atoms with Crippen molar-refractivity contribution >= 4 is 11.6 Å². The van der Waals surface area contributed by atoms with Gasteiger partial charge in [0.2, 0.25) is 0 Å². The molecule has 0 bridgehead atoms. The molecule has 0 aliphatic carbocycles. The number of benzene rings is 2. The maximum Gasteiger partial charge on any atom is 0.278 e. The molecule has 2 aromatic carbocycles. The van der Waals surface area contributed by atoms with Gasteiger partial charge in [0.25, 0.3) is 5.91 Å². The van der Waals surface area contributed by atoms with Gasteiger partial charge in [0, 0.05) is 12.3 Å². The Kier molecular flexibility index (Phi) is 5.41. The molecular weight excluding hydrogens is 348 g/mol. The molecule has 2 N–H and O–H groups in total. The molecular formula is C20H18N2O5. The summed E-state index contributed by atoms with van der Waals surface area (Å²) in [5.41, 5.74) is 0.288. The molecule has 0 unspecified atom stereocenters. The summed E-state index contributed by atoms with van der Waals surface area (Å²) in [6.07, 6.45) is 1.38. The summed E-state index contributed by atoms with van der Waals surface area (Å²) in [6.45, 7) is 0. The number of amides is 1. The quantitative estimate of drug-likeness (QED) is 0.689. The van der Waals surface area contributed by atoms with E-state index in [4.69, 9.17) is 14.2 Å². The molecule has 0 aliphatic rings. The Balaban J connectivity index is 1.82. The van der Waals surface area contributed by atoms with Gasteiger partial charge in [0.05, 0.1) is 19.9 Å². The molecule has 3 aromatic rings. The second-order valence-corrected chi connectivity index (χ2v) is 5.44. The highest BCUT2D eigenvalue weighted by Crippen LogP contribution is 2.32. The second-order valence-electron chi connectivity index (χ2n) is 5.44. The molecule has 0 radical (unpaired) electrons. The molecule has 0 saturated carbocycles. The van der Waals surface area contributed by atoms with Crippen LogP contribution in [0.25, 0.3) is 0 Å². The van der Waals surface area contributed by atoms with Gasteiger partial charge in [-0.15, -0.1) is 0 Å². The van der Waals surface area contributed by atoms with E-state index in [1.807, 2.05) is 0 Å². The first-order valence-electron chi connectivity index (χ1n) is 8.06. The molecule has 0 saturated heterocycles. The normalized spacial score (nSPS) is 10.1. The number of aromatic nitrogens is 1. The lowest BCUT2D eigenvalue weighted by Gasteiger charge is -2.13. The number of carbonyl (C=O) groups is 1.